The molecule has 0 radical (unpaired) electrons. The van der Waals surface area contributed by atoms with E-state index in [0.717, 1.165) is 12.2 Å². The molecule has 0 saturated heterocycles. The summed E-state index contributed by atoms with van der Waals surface area (Å²) in [6.45, 7) is 5.49. The van der Waals surface area contributed by atoms with Crippen LogP contribution in [0.15, 0.2) is 24.3 Å². The Morgan fingerprint density at radius 3 is 2.42 bits per heavy atom. The summed E-state index contributed by atoms with van der Waals surface area (Å²) in [5.41, 5.74) is 2.26. The van der Waals surface area contributed by atoms with Crippen LogP contribution in [0.3, 0.4) is 0 Å². The number of hydrogen-bond acceptors (Lipinski definition) is 3. The SMILES string of the molecule is CCN(CCCS(=O)(=O)O)c1cccc(C)c1.O.[NaH]. The van der Waals surface area contributed by atoms with Gasteiger partial charge in [0.05, 0.1) is 5.75 Å². The second-order valence-corrected chi connectivity index (χ2v) is 5.63. The molecule has 1 rings (SSSR count). The zero-order valence-corrected chi connectivity index (χ0v) is 11.6. The molecule has 1 aromatic carbocycles. The first-order valence-electron chi connectivity index (χ1n) is 5.69. The summed E-state index contributed by atoms with van der Waals surface area (Å²) < 4.78 is 29.9. The monoisotopic (exact) mass is 299 g/mol. The summed E-state index contributed by atoms with van der Waals surface area (Å²) in [6, 6.07) is 8.08. The molecule has 0 aliphatic heterocycles. The van der Waals surface area contributed by atoms with E-state index in [1.807, 2.05) is 32.0 Å². The van der Waals surface area contributed by atoms with Crippen molar-refractivity contribution in [2.75, 3.05) is 23.7 Å². The molecule has 5 nitrogen and oxygen atoms in total. The Morgan fingerprint density at radius 1 is 1.32 bits per heavy atom. The summed E-state index contributed by atoms with van der Waals surface area (Å²) in [4.78, 5) is 2.10. The summed E-state index contributed by atoms with van der Waals surface area (Å²) >= 11 is 0. The molecule has 0 atom stereocenters. The van der Waals surface area contributed by atoms with Crippen molar-refractivity contribution in [1.82, 2.24) is 0 Å². The van der Waals surface area contributed by atoms with Gasteiger partial charge in [-0.1, -0.05) is 12.1 Å². The van der Waals surface area contributed by atoms with Crippen molar-refractivity contribution in [1.29, 1.82) is 0 Å². The molecule has 0 spiro atoms. The molecule has 19 heavy (non-hydrogen) atoms. The number of hydrogen-bond donors (Lipinski definition) is 1. The minimum atomic E-state index is -3.85. The first-order chi connectivity index (χ1) is 7.92. The predicted molar refractivity (Wildman–Crippen MR) is 80.9 cm³/mol. The quantitative estimate of drug-likeness (QED) is 0.616. The fraction of sp³-hybridized carbons (Fsp3) is 0.500. The Hall–Kier alpha value is -0.110. The van der Waals surface area contributed by atoms with Gasteiger partial charge in [0.1, 0.15) is 0 Å². The fourth-order valence-electron chi connectivity index (χ4n) is 1.73. The maximum atomic E-state index is 10.6. The second-order valence-electron chi connectivity index (χ2n) is 4.06. The maximum absolute atomic E-state index is 10.6. The molecule has 7 heteroatoms. The zero-order valence-electron chi connectivity index (χ0n) is 10.8. The van der Waals surface area contributed by atoms with E-state index in [1.165, 1.54) is 5.56 Å². The van der Waals surface area contributed by atoms with Crippen molar-refractivity contribution >= 4 is 45.4 Å². The molecule has 0 aromatic heterocycles. The first kappa shape index (κ1) is 21.2. The number of benzene rings is 1. The standard InChI is InChI=1S/C12H19NO3S.Na.H2O.H/c1-3-13(8-5-9-17(14,15)16)12-7-4-6-11(2)10-12;;;/h4,6-7,10H,3,5,8-9H2,1-2H3,(H,14,15,16);;1H2;. The Bertz CT molecular complexity index is 465. The average molecular weight is 299 g/mol. The number of rotatable bonds is 6. The van der Waals surface area contributed by atoms with Gasteiger partial charge in [0.15, 0.2) is 0 Å². The molecule has 0 unspecified atom stereocenters. The van der Waals surface area contributed by atoms with Crippen LogP contribution >= 0.6 is 0 Å². The van der Waals surface area contributed by atoms with Gasteiger partial charge in [-0.15, -0.1) is 0 Å². The molecule has 0 fully saturated rings. The first-order valence-corrected chi connectivity index (χ1v) is 7.30. The van der Waals surface area contributed by atoms with Crippen molar-refractivity contribution in [3.63, 3.8) is 0 Å². The van der Waals surface area contributed by atoms with Gasteiger partial charge in [0.25, 0.3) is 10.1 Å². The van der Waals surface area contributed by atoms with Crippen LogP contribution in [0.4, 0.5) is 5.69 Å². The van der Waals surface area contributed by atoms with Crippen LogP contribution in [0.5, 0.6) is 0 Å². The molecule has 106 valence electrons. The topological polar surface area (TPSA) is 89.1 Å². The third-order valence-corrected chi connectivity index (χ3v) is 3.38. The van der Waals surface area contributed by atoms with Crippen molar-refractivity contribution in [3.8, 4) is 0 Å². The Morgan fingerprint density at radius 2 is 1.95 bits per heavy atom. The van der Waals surface area contributed by atoms with Gasteiger partial charge in [0, 0.05) is 18.8 Å². The molecule has 0 bridgehead atoms. The summed E-state index contributed by atoms with van der Waals surface area (Å²) in [7, 11) is -3.85. The molecule has 0 aliphatic carbocycles. The van der Waals surface area contributed by atoms with Crippen LogP contribution in [0.25, 0.3) is 0 Å². The van der Waals surface area contributed by atoms with Crippen LogP contribution in [-0.4, -0.2) is 66.8 Å². The molecule has 3 N–H and O–H groups in total. The molecule has 1 aromatic rings. The summed E-state index contributed by atoms with van der Waals surface area (Å²) in [5.74, 6) is -0.185. The van der Waals surface area contributed by atoms with Crippen LogP contribution in [0, 0.1) is 6.92 Å². The van der Waals surface area contributed by atoms with Gasteiger partial charge in [0.2, 0.25) is 0 Å². The minimum absolute atomic E-state index is 0. The molecule has 0 amide bonds. The molecular formula is C12H22NNaO4S. The molecule has 0 aliphatic rings. The van der Waals surface area contributed by atoms with E-state index in [9.17, 15) is 8.42 Å². The summed E-state index contributed by atoms with van der Waals surface area (Å²) in [6.07, 6.45) is 0.431. The van der Waals surface area contributed by atoms with E-state index in [2.05, 4.69) is 11.0 Å². The van der Waals surface area contributed by atoms with E-state index < -0.39 is 10.1 Å². The van der Waals surface area contributed by atoms with Crippen molar-refractivity contribution in [3.05, 3.63) is 29.8 Å². The van der Waals surface area contributed by atoms with Gasteiger partial charge >= 0.3 is 29.6 Å². The van der Waals surface area contributed by atoms with E-state index in [-0.39, 0.29) is 40.8 Å². The fourth-order valence-corrected chi connectivity index (χ4v) is 2.23. The van der Waals surface area contributed by atoms with E-state index >= 15 is 0 Å². The van der Waals surface area contributed by atoms with Gasteiger partial charge < -0.3 is 10.4 Å². The van der Waals surface area contributed by atoms with E-state index in [1.54, 1.807) is 0 Å². The molecule has 0 saturated carbocycles. The van der Waals surface area contributed by atoms with Gasteiger partial charge in [-0.05, 0) is 38.0 Å². The normalized spacial score (nSPS) is 10.3. The van der Waals surface area contributed by atoms with Gasteiger partial charge in [-0.2, -0.15) is 8.42 Å². The third-order valence-electron chi connectivity index (χ3n) is 2.58. The number of nitrogens with zero attached hydrogens (tertiary/aromatic N) is 1. The Kier molecular flexibility index (Phi) is 10.9. The van der Waals surface area contributed by atoms with Crippen LogP contribution in [0.2, 0.25) is 0 Å². The number of anilines is 1. The summed E-state index contributed by atoms with van der Waals surface area (Å²) in [5, 5.41) is 0. The average Bonchev–Trinajstić information content (AvgIpc) is 2.23. The van der Waals surface area contributed by atoms with Crippen LogP contribution in [0.1, 0.15) is 18.9 Å². The van der Waals surface area contributed by atoms with Crippen molar-refractivity contribution < 1.29 is 18.4 Å². The molecule has 0 heterocycles. The van der Waals surface area contributed by atoms with E-state index in [4.69, 9.17) is 4.55 Å². The van der Waals surface area contributed by atoms with Gasteiger partial charge in [-0.25, -0.2) is 0 Å². The Balaban J connectivity index is 0. The predicted octanol–water partition coefficient (Wildman–Crippen LogP) is 0.626. The van der Waals surface area contributed by atoms with Crippen LogP contribution in [-0.2, 0) is 10.1 Å². The van der Waals surface area contributed by atoms with Crippen LogP contribution < -0.4 is 4.90 Å². The third kappa shape index (κ3) is 8.62. The van der Waals surface area contributed by atoms with Gasteiger partial charge in [-0.3, -0.25) is 4.55 Å². The number of aryl methyl sites for hydroxylation is 1. The van der Waals surface area contributed by atoms with E-state index in [0.29, 0.717) is 13.0 Å². The Labute approximate surface area is 137 Å². The van der Waals surface area contributed by atoms with Crippen molar-refractivity contribution in [2.45, 2.75) is 20.3 Å². The van der Waals surface area contributed by atoms with Crippen molar-refractivity contribution in [2.24, 2.45) is 0 Å². The zero-order chi connectivity index (χ0) is 12.9. The molecular weight excluding hydrogens is 277 g/mol. The second kappa shape index (κ2) is 9.74.